The van der Waals surface area contributed by atoms with Crippen LogP contribution in [0.4, 0.5) is 5.69 Å². The number of benzene rings is 1. The van der Waals surface area contributed by atoms with Gasteiger partial charge in [0.25, 0.3) is 5.69 Å². The van der Waals surface area contributed by atoms with Crippen molar-refractivity contribution in [3.05, 3.63) is 39.9 Å². The molecule has 124 valence electrons. The standard InChI is InChI=1S/C15H18N2O6/c1-22-15(19)12(16-14(18)13-3-2-8-23-13)9-10-4-6-11(7-5-10)17(20)21/h4-7,12-13H,2-3,8-9H2,1H3,(H,16,18)/t12-,13+/m1/s1. The van der Waals surface area contributed by atoms with Crippen LogP contribution in [0.25, 0.3) is 0 Å². The third-order valence-electron chi connectivity index (χ3n) is 3.61. The Bertz CT molecular complexity index is 580. The Balaban J connectivity index is 2.04. The van der Waals surface area contributed by atoms with Gasteiger partial charge in [0.15, 0.2) is 0 Å². The van der Waals surface area contributed by atoms with Crippen molar-refractivity contribution in [1.29, 1.82) is 0 Å². The number of nitrogens with zero attached hydrogens (tertiary/aromatic N) is 1. The van der Waals surface area contributed by atoms with Crippen molar-refractivity contribution in [2.45, 2.75) is 31.4 Å². The summed E-state index contributed by atoms with van der Waals surface area (Å²) in [5.41, 5.74) is 0.644. The van der Waals surface area contributed by atoms with Crippen LogP contribution in [0.1, 0.15) is 18.4 Å². The molecule has 1 aliphatic heterocycles. The summed E-state index contributed by atoms with van der Waals surface area (Å²) in [6, 6.07) is 4.94. The summed E-state index contributed by atoms with van der Waals surface area (Å²) in [4.78, 5) is 34.1. The van der Waals surface area contributed by atoms with Gasteiger partial charge in [0, 0.05) is 25.2 Å². The van der Waals surface area contributed by atoms with Crippen molar-refractivity contribution in [2.24, 2.45) is 0 Å². The number of hydrogen-bond acceptors (Lipinski definition) is 6. The Labute approximate surface area is 132 Å². The second kappa shape index (κ2) is 7.68. The van der Waals surface area contributed by atoms with Gasteiger partial charge < -0.3 is 14.8 Å². The van der Waals surface area contributed by atoms with E-state index in [-0.39, 0.29) is 18.0 Å². The zero-order chi connectivity index (χ0) is 16.8. The molecule has 1 aromatic rings. The second-order valence-electron chi connectivity index (χ2n) is 5.21. The fourth-order valence-electron chi connectivity index (χ4n) is 2.37. The second-order valence-corrected chi connectivity index (χ2v) is 5.21. The Morgan fingerprint density at radius 1 is 1.43 bits per heavy atom. The van der Waals surface area contributed by atoms with E-state index in [2.05, 4.69) is 5.32 Å². The molecule has 1 fully saturated rings. The van der Waals surface area contributed by atoms with Gasteiger partial charge in [0.05, 0.1) is 12.0 Å². The Morgan fingerprint density at radius 2 is 2.13 bits per heavy atom. The molecule has 1 aliphatic rings. The van der Waals surface area contributed by atoms with Crippen LogP contribution in [-0.2, 0) is 25.5 Å². The maximum absolute atomic E-state index is 12.1. The van der Waals surface area contributed by atoms with Crippen molar-refractivity contribution in [1.82, 2.24) is 5.32 Å². The zero-order valence-electron chi connectivity index (χ0n) is 12.7. The van der Waals surface area contributed by atoms with E-state index in [4.69, 9.17) is 9.47 Å². The molecule has 1 saturated heterocycles. The largest absolute Gasteiger partial charge is 0.467 e. The molecular formula is C15H18N2O6. The number of non-ortho nitro benzene ring substituents is 1. The van der Waals surface area contributed by atoms with E-state index >= 15 is 0 Å². The van der Waals surface area contributed by atoms with Crippen LogP contribution >= 0.6 is 0 Å². The molecule has 23 heavy (non-hydrogen) atoms. The third-order valence-corrected chi connectivity index (χ3v) is 3.61. The predicted octanol–water partition coefficient (Wildman–Crippen LogP) is 0.974. The topological polar surface area (TPSA) is 108 Å². The van der Waals surface area contributed by atoms with E-state index in [1.54, 1.807) is 12.1 Å². The lowest BCUT2D eigenvalue weighted by molar-refractivity contribution is -0.384. The van der Waals surface area contributed by atoms with Crippen LogP contribution in [0.2, 0.25) is 0 Å². The fourth-order valence-corrected chi connectivity index (χ4v) is 2.37. The van der Waals surface area contributed by atoms with Crippen LogP contribution in [0, 0.1) is 10.1 Å². The molecule has 0 saturated carbocycles. The normalized spacial score (nSPS) is 18.2. The number of nitro groups is 1. The first kappa shape index (κ1) is 16.9. The number of hydrogen-bond donors (Lipinski definition) is 1. The van der Waals surface area contributed by atoms with Crippen molar-refractivity contribution in [3.63, 3.8) is 0 Å². The maximum Gasteiger partial charge on any atom is 0.328 e. The Morgan fingerprint density at radius 3 is 2.65 bits per heavy atom. The molecule has 1 aromatic carbocycles. The summed E-state index contributed by atoms with van der Waals surface area (Å²) >= 11 is 0. The molecule has 1 amide bonds. The van der Waals surface area contributed by atoms with E-state index in [9.17, 15) is 19.7 Å². The fraction of sp³-hybridized carbons (Fsp3) is 0.467. The van der Waals surface area contributed by atoms with Crippen LogP contribution in [0.3, 0.4) is 0 Å². The molecule has 0 unspecified atom stereocenters. The van der Waals surface area contributed by atoms with E-state index in [0.29, 0.717) is 18.6 Å². The lowest BCUT2D eigenvalue weighted by Crippen LogP contribution is -2.47. The minimum absolute atomic E-state index is 0.0354. The van der Waals surface area contributed by atoms with Gasteiger partial charge in [-0.15, -0.1) is 0 Å². The molecule has 0 spiro atoms. The van der Waals surface area contributed by atoms with Gasteiger partial charge in [-0.2, -0.15) is 0 Å². The zero-order valence-corrected chi connectivity index (χ0v) is 12.7. The Hall–Kier alpha value is -2.48. The third kappa shape index (κ3) is 4.49. The summed E-state index contributed by atoms with van der Waals surface area (Å²) in [6.07, 6.45) is 1.07. The molecule has 8 heteroatoms. The highest BCUT2D eigenvalue weighted by Crippen LogP contribution is 2.15. The molecule has 2 atom stereocenters. The highest BCUT2D eigenvalue weighted by atomic mass is 16.6. The number of nitro benzene ring substituents is 1. The smallest absolute Gasteiger partial charge is 0.328 e. The van der Waals surface area contributed by atoms with E-state index < -0.39 is 23.0 Å². The molecule has 1 heterocycles. The molecule has 8 nitrogen and oxygen atoms in total. The average molecular weight is 322 g/mol. The summed E-state index contributed by atoms with van der Waals surface area (Å²) in [5, 5.41) is 13.3. The SMILES string of the molecule is COC(=O)[C@@H](Cc1ccc([N+](=O)[O-])cc1)NC(=O)[C@@H]1CCCO1. The number of rotatable bonds is 6. The van der Waals surface area contributed by atoms with Crippen molar-refractivity contribution in [3.8, 4) is 0 Å². The number of carbonyl (C=O) groups excluding carboxylic acids is 2. The van der Waals surface area contributed by atoms with Crippen molar-refractivity contribution < 1.29 is 24.0 Å². The molecular weight excluding hydrogens is 304 g/mol. The molecule has 0 aliphatic carbocycles. The number of esters is 1. The molecule has 2 rings (SSSR count). The van der Waals surface area contributed by atoms with Crippen LogP contribution < -0.4 is 5.32 Å². The number of ether oxygens (including phenoxy) is 2. The Kier molecular flexibility index (Phi) is 5.64. The number of carbonyl (C=O) groups is 2. The van der Waals surface area contributed by atoms with Crippen LogP contribution in [-0.4, -0.2) is 42.7 Å². The first-order valence-electron chi connectivity index (χ1n) is 7.24. The van der Waals surface area contributed by atoms with Crippen LogP contribution in [0.5, 0.6) is 0 Å². The summed E-state index contributed by atoms with van der Waals surface area (Å²) in [6.45, 7) is 0.531. The van der Waals surface area contributed by atoms with E-state index in [1.165, 1.54) is 19.2 Å². The highest BCUT2D eigenvalue weighted by Gasteiger charge is 2.29. The number of methoxy groups -OCH3 is 1. The monoisotopic (exact) mass is 322 g/mol. The van der Waals surface area contributed by atoms with Gasteiger partial charge in [-0.1, -0.05) is 12.1 Å². The van der Waals surface area contributed by atoms with Crippen molar-refractivity contribution in [2.75, 3.05) is 13.7 Å². The molecule has 0 aromatic heterocycles. The van der Waals surface area contributed by atoms with Crippen molar-refractivity contribution >= 4 is 17.6 Å². The minimum atomic E-state index is -0.863. The molecule has 0 radical (unpaired) electrons. The van der Waals surface area contributed by atoms with Gasteiger partial charge >= 0.3 is 5.97 Å². The van der Waals surface area contributed by atoms with Crippen LogP contribution in [0.15, 0.2) is 24.3 Å². The van der Waals surface area contributed by atoms with Gasteiger partial charge in [0.2, 0.25) is 5.91 Å². The molecule has 0 bridgehead atoms. The van der Waals surface area contributed by atoms with Gasteiger partial charge in [0.1, 0.15) is 12.1 Å². The van der Waals surface area contributed by atoms with E-state index in [0.717, 1.165) is 6.42 Å². The minimum Gasteiger partial charge on any atom is -0.467 e. The number of nitrogens with one attached hydrogen (secondary N) is 1. The first-order chi connectivity index (χ1) is 11.0. The summed E-state index contributed by atoms with van der Waals surface area (Å²) in [5.74, 6) is -0.922. The lowest BCUT2D eigenvalue weighted by atomic mass is 10.0. The van der Waals surface area contributed by atoms with Gasteiger partial charge in [-0.05, 0) is 18.4 Å². The van der Waals surface area contributed by atoms with Gasteiger partial charge in [-0.25, -0.2) is 4.79 Å². The molecule has 1 N–H and O–H groups in total. The predicted molar refractivity (Wildman–Crippen MR) is 79.7 cm³/mol. The van der Waals surface area contributed by atoms with Gasteiger partial charge in [-0.3, -0.25) is 14.9 Å². The average Bonchev–Trinajstić information content (AvgIpc) is 3.08. The lowest BCUT2D eigenvalue weighted by Gasteiger charge is -2.18. The number of amides is 1. The summed E-state index contributed by atoms with van der Waals surface area (Å²) < 4.78 is 9.99. The van der Waals surface area contributed by atoms with E-state index in [1.807, 2.05) is 0 Å². The first-order valence-corrected chi connectivity index (χ1v) is 7.24. The summed E-state index contributed by atoms with van der Waals surface area (Å²) in [7, 11) is 1.24. The highest BCUT2D eigenvalue weighted by molar-refractivity contribution is 5.87. The maximum atomic E-state index is 12.1. The quantitative estimate of drug-likeness (QED) is 0.475.